The highest BCUT2D eigenvalue weighted by molar-refractivity contribution is 14.2. The second kappa shape index (κ2) is 3.83. The first-order chi connectivity index (χ1) is 5.42. The topological polar surface area (TPSA) is 3.24 Å². The molecule has 0 unspecified atom stereocenters. The maximum Gasteiger partial charge on any atom is 0.0238 e. The fourth-order valence-corrected chi connectivity index (χ4v) is 4.47. The van der Waals surface area contributed by atoms with Crippen molar-refractivity contribution in [2.75, 3.05) is 6.54 Å². The molecule has 0 spiro atoms. The van der Waals surface area contributed by atoms with E-state index < -0.39 is 0 Å². The lowest BCUT2D eigenvalue weighted by Crippen LogP contribution is -2.29. The van der Waals surface area contributed by atoms with Crippen LogP contribution in [0.2, 0.25) is 0 Å². The highest BCUT2D eigenvalue weighted by atomic mass is 127. The summed E-state index contributed by atoms with van der Waals surface area (Å²) >= 11 is 2.42. The van der Waals surface area contributed by atoms with Gasteiger partial charge in [0.25, 0.3) is 0 Å². The monoisotopic (exact) mass is 283 g/mol. The molecule has 1 aliphatic heterocycles. The van der Waals surface area contributed by atoms with Crippen molar-refractivity contribution in [1.29, 1.82) is 0 Å². The van der Waals surface area contributed by atoms with E-state index in [9.17, 15) is 0 Å². The molecule has 0 amide bonds. The van der Waals surface area contributed by atoms with Crippen molar-refractivity contribution in [2.24, 2.45) is 5.92 Å². The van der Waals surface area contributed by atoms with E-state index in [-0.39, 0.29) is 0 Å². The molecule has 11 heavy (non-hydrogen) atoms. The fourth-order valence-electron chi connectivity index (χ4n) is 2.45. The zero-order valence-corrected chi connectivity index (χ0v) is 9.60. The van der Waals surface area contributed by atoms with Gasteiger partial charge in [0.05, 0.1) is 0 Å². The Morgan fingerprint density at radius 3 is 2.82 bits per heavy atom. The van der Waals surface area contributed by atoms with Crippen LogP contribution in [0.1, 0.15) is 32.1 Å². The first-order valence-electron chi connectivity index (χ1n) is 4.47. The normalized spacial score (nSPS) is 39.0. The second-order valence-electron chi connectivity index (χ2n) is 3.61. The third-order valence-corrected chi connectivity index (χ3v) is 5.20. The van der Waals surface area contributed by atoms with Gasteiger partial charge in [-0.25, -0.2) is 4.31 Å². The number of halogens is 1. The van der Waals surface area contributed by atoms with E-state index in [0.29, 0.717) is 0 Å². The molecule has 64 valence electrons. The van der Waals surface area contributed by atoms with Crippen LogP contribution in [-0.2, 0) is 0 Å². The molecule has 1 aliphatic carbocycles. The number of hydrogen-bond donors (Lipinski definition) is 0. The van der Waals surface area contributed by atoms with Gasteiger partial charge in [-0.15, -0.1) is 0 Å². The molecule has 2 aliphatic rings. The van der Waals surface area contributed by atoms with Gasteiger partial charge in [-0.3, -0.25) is 0 Å². The first kappa shape index (κ1) is 8.63. The zero-order chi connectivity index (χ0) is 7.68. The van der Waals surface area contributed by atoms with Crippen molar-refractivity contribution in [2.45, 2.75) is 38.1 Å². The minimum atomic E-state index is 0.936. The van der Waals surface area contributed by atoms with E-state index in [4.69, 9.17) is 0 Å². The molecule has 0 aromatic carbocycles. The minimum Gasteiger partial charge on any atom is -0.238 e. The predicted molar refractivity (Wildman–Crippen MR) is 58.7 cm³/mol. The summed E-state index contributed by atoms with van der Waals surface area (Å²) in [5.74, 6) is 1.05. The SMILES string of the molecule is ISN1CC[C@@H]2CCCC[C@@H]21. The van der Waals surface area contributed by atoms with Gasteiger partial charge >= 0.3 is 0 Å². The Bertz CT molecular complexity index is 136. The van der Waals surface area contributed by atoms with Gasteiger partial charge in [-0.05, 0) is 34.3 Å². The average molecular weight is 283 g/mol. The van der Waals surface area contributed by atoms with Crippen molar-refractivity contribution in [1.82, 2.24) is 4.31 Å². The van der Waals surface area contributed by atoms with Crippen molar-refractivity contribution in [3.05, 3.63) is 0 Å². The molecular formula is C8H14INS. The van der Waals surface area contributed by atoms with Crippen LogP contribution >= 0.6 is 30.3 Å². The molecule has 0 N–H and O–H groups in total. The fraction of sp³-hybridized carbons (Fsp3) is 1.00. The molecule has 0 bridgehead atoms. The zero-order valence-electron chi connectivity index (χ0n) is 6.63. The maximum absolute atomic E-state index is 2.59. The molecule has 2 atom stereocenters. The van der Waals surface area contributed by atoms with E-state index in [1.54, 1.807) is 0 Å². The Hall–Kier alpha value is 1.04. The van der Waals surface area contributed by atoms with E-state index in [1.165, 1.54) is 38.6 Å². The largest absolute Gasteiger partial charge is 0.238 e. The smallest absolute Gasteiger partial charge is 0.0238 e. The Morgan fingerprint density at radius 1 is 1.18 bits per heavy atom. The molecule has 1 saturated heterocycles. The van der Waals surface area contributed by atoms with Crippen LogP contribution in [0.5, 0.6) is 0 Å². The van der Waals surface area contributed by atoms with Crippen LogP contribution in [0, 0.1) is 5.92 Å². The number of rotatable bonds is 1. The number of nitrogens with zero attached hydrogens (tertiary/aromatic N) is 1. The van der Waals surface area contributed by atoms with Crippen LogP contribution in [0.25, 0.3) is 0 Å². The lowest BCUT2D eigenvalue weighted by atomic mass is 9.86. The summed E-state index contributed by atoms with van der Waals surface area (Å²) in [6.07, 6.45) is 7.37. The Kier molecular flexibility index (Phi) is 3.01. The van der Waals surface area contributed by atoms with Crippen molar-refractivity contribution >= 4 is 30.3 Å². The molecule has 1 saturated carbocycles. The van der Waals surface area contributed by atoms with Crippen LogP contribution in [0.3, 0.4) is 0 Å². The van der Waals surface area contributed by atoms with Gasteiger partial charge in [-0.1, -0.05) is 12.8 Å². The molecule has 2 rings (SSSR count). The summed E-state index contributed by atoms with van der Waals surface area (Å²) in [5.41, 5.74) is 0. The lowest BCUT2D eigenvalue weighted by Gasteiger charge is -2.29. The molecule has 1 heterocycles. The molecule has 3 heteroatoms. The summed E-state index contributed by atoms with van der Waals surface area (Å²) < 4.78 is 2.59. The minimum absolute atomic E-state index is 0.936. The summed E-state index contributed by atoms with van der Waals surface area (Å²) in [7, 11) is 1.92. The molecule has 0 aromatic rings. The van der Waals surface area contributed by atoms with Crippen molar-refractivity contribution in [3.63, 3.8) is 0 Å². The van der Waals surface area contributed by atoms with Crippen molar-refractivity contribution in [3.8, 4) is 0 Å². The van der Waals surface area contributed by atoms with Gasteiger partial charge in [-0.2, -0.15) is 0 Å². The second-order valence-corrected chi connectivity index (χ2v) is 5.40. The highest BCUT2D eigenvalue weighted by Crippen LogP contribution is 2.40. The average Bonchev–Trinajstić information content (AvgIpc) is 2.47. The summed E-state index contributed by atoms with van der Waals surface area (Å²) in [5, 5.41) is 0. The summed E-state index contributed by atoms with van der Waals surface area (Å²) in [6.45, 7) is 1.34. The molecule has 0 aromatic heterocycles. The third-order valence-electron chi connectivity index (χ3n) is 3.05. The molecule has 0 radical (unpaired) electrons. The highest BCUT2D eigenvalue weighted by Gasteiger charge is 2.35. The standard InChI is InChI=1S/C8H14INS/c9-11-10-6-5-7-3-1-2-4-8(7)10/h7-8H,1-6H2/t7-,8-/m0/s1. The molecular weight excluding hydrogens is 269 g/mol. The van der Waals surface area contributed by atoms with Crippen LogP contribution < -0.4 is 0 Å². The summed E-state index contributed by atoms with van der Waals surface area (Å²) in [6, 6.07) is 0.936. The van der Waals surface area contributed by atoms with Gasteiger partial charge in [0.15, 0.2) is 0 Å². The van der Waals surface area contributed by atoms with Gasteiger partial charge in [0.1, 0.15) is 0 Å². The van der Waals surface area contributed by atoms with Gasteiger partial charge in [0.2, 0.25) is 0 Å². The molecule has 1 nitrogen and oxygen atoms in total. The van der Waals surface area contributed by atoms with Gasteiger partial charge in [0, 0.05) is 33.8 Å². The van der Waals surface area contributed by atoms with Crippen LogP contribution in [-0.4, -0.2) is 16.9 Å². The molecule has 2 fully saturated rings. The van der Waals surface area contributed by atoms with Crippen LogP contribution in [0.15, 0.2) is 0 Å². The summed E-state index contributed by atoms with van der Waals surface area (Å²) in [4.78, 5) is 0. The van der Waals surface area contributed by atoms with Crippen molar-refractivity contribution < 1.29 is 0 Å². The van der Waals surface area contributed by atoms with Gasteiger partial charge < -0.3 is 0 Å². The Morgan fingerprint density at radius 2 is 2.00 bits per heavy atom. The first-order valence-corrected chi connectivity index (χ1v) is 7.79. The maximum atomic E-state index is 2.59. The van der Waals surface area contributed by atoms with Crippen LogP contribution in [0.4, 0.5) is 0 Å². The Balaban J connectivity index is 1.98. The number of hydrogen-bond acceptors (Lipinski definition) is 2. The van der Waals surface area contributed by atoms with E-state index in [0.717, 1.165) is 12.0 Å². The quantitative estimate of drug-likeness (QED) is 0.537. The number of fused-ring (bicyclic) bond motifs is 1. The van der Waals surface area contributed by atoms with E-state index in [2.05, 4.69) is 25.5 Å². The van der Waals surface area contributed by atoms with E-state index in [1.807, 2.05) is 9.12 Å². The lowest BCUT2D eigenvalue weighted by molar-refractivity contribution is 0.275. The third kappa shape index (κ3) is 1.70. The van der Waals surface area contributed by atoms with E-state index >= 15 is 0 Å². The predicted octanol–water partition coefficient (Wildman–Crippen LogP) is 3.25. The Labute approximate surface area is 85.0 Å².